The number of nitrogens with one attached hydrogen (secondary N) is 1. The third-order valence-electron chi connectivity index (χ3n) is 5.07. The van der Waals surface area contributed by atoms with Gasteiger partial charge in [0, 0.05) is 30.7 Å². The molecular weight excluding hydrogens is 489 g/mol. The number of primary amides is 1. The molecule has 12 heteroatoms. The van der Waals surface area contributed by atoms with Crippen molar-refractivity contribution in [3.05, 3.63) is 41.8 Å². The zero-order valence-corrected chi connectivity index (χ0v) is 20.6. The van der Waals surface area contributed by atoms with Gasteiger partial charge in [-0.2, -0.15) is 0 Å². The van der Waals surface area contributed by atoms with Gasteiger partial charge in [-0.15, -0.1) is 11.3 Å². The number of ether oxygens (including phenoxy) is 3. The highest BCUT2D eigenvalue weighted by atomic mass is 32.1. The number of aryl methyl sites for hydroxylation is 1. The molecule has 0 saturated heterocycles. The Morgan fingerprint density at radius 2 is 2.00 bits per heavy atom. The van der Waals surface area contributed by atoms with Gasteiger partial charge in [0.1, 0.15) is 17.7 Å². The lowest BCUT2D eigenvalue weighted by atomic mass is 10.1. The van der Waals surface area contributed by atoms with Crippen LogP contribution in [0, 0.1) is 12.7 Å². The molecule has 0 aliphatic rings. The van der Waals surface area contributed by atoms with Gasteiger partial charge in [0.15, 0.2) is 11.6 Å². The largest absolute Gasteiger partial charge is 0.487 e. The SMILES string of the molecule is COc1cnc2c(-c3nc4cc(F)c(OCC(C)OC(=O)NCCC(N)=O)cc4s3)cc(C)cc2n1. The van der Waals surface area contributed by atoms with E-state index in [1.165, 1.54) is 24.5 Å². The Hall–Kier alpha value is -4.06. The average Bonchev–Trinajstić information content (AvgIpc) is 3.23. The van der Waals surface area contributed by atoms with E-state index in [9.17, 15) is 14.0 Å². The smallest absolute Gasteiger partial charge is 0.407 e. The summed E-state index contributed by atoms with van der Waals surface area (Å²) in [5.41, 5.74) is 8.60. The molecule has 188 valence electrons. The van der Waals surface area contributed by atoms with Crippen molar-refractivity contribution in [2.75, 3.05) is 20.3 Å². The summed E-state index contributed by atoms with van der Waals surface area (Å²) in [6.45, 7) is 3.55. The second-order valence-electron chi connectivity index (χ2n) is 8.03. The van der Waals surface area contributed by atoms with Crippen LogP contribution in [0.15, 0.2) is 30.5 Å². The summed E-state index contributed by atoms with van der Waals surface area (Å²) < 4.78 is 31.3. The molecular formula is C24H24FN5O5S. The number of methoxy groups -OCH3 is 1. The van der Waals surface area contributed by atoms with Crippen molar-refractivity contribution in [2.45, 2.75) is 26.4 Å². The molecule has 4 rings (SSSR count). The maximum Gasteiger partial charge on any atom is 0.407 e. The quantitative estimate of drug-likeness (QED) is 0.345. The molecule has 0 aliphatic carbocycles. The number of hydrogen-bond donors (Lipinski definition) is 2. The van der Waals surface area contributed by atoms with Gasteiger partial charge in [-0.3, -0.25) is 4.79 Å². The number of carbonyl (C=O) groups is 2. The number of aromatic nitrogens is 3. The van der Waals surface area contributed by atoms with Crippen LogP contribution in [-0.2, 0) is 9.53 Å². The first-order valence-electron chi connectivity index (χ1n) is 11.0. The number of alkyl carbamates (subject to hydrolysis) is 1. The lowest BCUT2D eigenvalue weighted by molar-refractivity contribution is -0.117. The van der Waals surface area contributed by atoms with Gasteiger partial charge in [0.05, 0.1) is 34.6 Å². The molecule has 0 radical (unpaired) electrons. The molecule has 2 heterocycles. The Kier molecular flexibility index (Phi) is 7.44. The minimum Gasteiger partial charge on any atom is -0.487 e. The Balaban J connectivity index is 1.51. The van der Waals surface area contributed by atoms with Gasteiger partial charge >= 0.3 is 6.09 Å². The summed E-state index contributed by atoms with van der Waals surface area (Å²) >= 11 is 1.37. The summed E-state index contributed by atoms with van der Waals surface area (Å²) in [4.78, 5) is 36.0. The van der Waals surface area contributed by atoms with E-state index < -0.39 is 23.9 Å². The number of halogens is 1. The second kappa shape index (κ2) is 10.7. The summed E-state index contributed by atoms with van der Waals surface area (Å²) in [5, 5.41) is 3.07. The van der Waals surface area contributed by atoms with E-state index in [4.69, 9.17) is 19.9 Å². The highest BCUT2D eigenvalue weighted by Gasteiger charge is 2.17. The number of thiazole rings is 1. The first-order valence-corrected chi connectivity index (χ1v) is 11.8. The third kappa shape index (κ3) is 5.77. The van der Waals surface area contributed by atoms with Crippen molar-refractivity contribution in [3.63, 3.8) is 0 Å². The van der Waals surface area contributed by atoms with Crippen LogP contribution in [-0.4, -0.2) is 53.3 Å². The van der Waals surface area contributed by atoms with E-state index in [0.717, 1.165) is 15.8 Å². The molecule has 0 aliphatic heterocycles. The zero-order valence-electron chi connectivity index (χ0n) is 19.8. The average molecular weight is 514 g/mol. The predicted octanol–water partition coefficient (Wildman–Crippen LogP) is 3.73. The maximum absolute atomic E-state index is 14.7. The molecule has 1 atom stereocenters. The molecule has 0 fully saturated rings. The van der Waals surface area contributed by atoms with Crippen LogP contribution in [0.4, 0.5) is 9.18 Å². The molecule has 3 N–H and O–H groups in total. The van der Waals surface area contributed by atoms with Crippen molar-refractivity contribution in [1.29, 1.82) is 0 Å². The summed E-state index contributed by atoms with van der Waals surface area (Å²) in [6.07, 6.45) is 0.157. The minimum atomic E-state index is -0.721. The van der Waals surface area contributed by atoms with Crippen molar-refractivity contribution < 1.29 is 28.2 Å². The van der Waals surface area contributed by atoms with E-state index >= 15 is 0 Å². The molecule has 2 aromatic heterocycles. The molecule has 2 aromatic carbocycles. The highest BCUT2D eigenvalue weighted by molar-refractivity contribution is 7.21. The number of rotatable bonds is 9. The molecule has 10 nitrogen and oxygen atoms in total. The number of nitrogens with two attached hydrogens (primary N) is 1. The number of hydrogen-bond acceptors (Lipinski definition) is 9. The van der Waals surface area contributed by atoms with Gasteiger partial charge < -0.3 is 25.3 Å². The predicted molar refractivity (Wildman–Crippen MR) is 133 cm³/mol. The van der Waals surface area contributed by atoms with Gasteiger partial charge in [-0.05, 0) is 31.5 Å². The van der Waals surface area contributed by atoms with Gasteiger partial charge in [-0.25, -0.2) is 24.1 Å². The fraction of sp³-hybridized carbons (Fsp3) is 0.292. The second-order valence-corrected chi connectivity index (χ2v) is 9.06. The van der Waals surface area contributed by atoms with Crippen LogP contribution in [0.25, 0.3) is 31.8 Å². The third-order valence-corrected chi connectivity index (χ3v) is 6.12. The Bertz CT molecular complexity index is 1440. The van der Waals surface area contributed by atoms with E-state index in [2.05, 4.69) is 20.3 Å². The number of carbonyl (C=O) groups excluding carboxylic acids is 2. The number of benzene rings is 2. The maximum atomic E-state index is 14.7. The van der Waals surface area contributed by atoms with Crippen LogP contribution < -0.4 is 20.5 Å². The van der Waals surface area contributed by atoms with Crippen molar-refractivity contribution in [2.24, 2.45) is 5.73 Å². The summed E-state index contributed by atoms with van der Waals surface area (Å²) in [5.74, 6) is -0.696. The molecule has 4 aromatic rings. The minimum absolute atomic E-state index is 0.00115. The van der Waals surface area contributed by atoms with Crippen LogP contribution >= 0.6 is 11.3 Å². The topological polar surface area (TPSA) is 139 Å². The number of amides is 2. The Morgan fingerprint density at radius 1 is 1.19 bits per heavy atom. The molecule has 0 bridgehead atoms. The van der Waals surface area contributed by atoms with E-state index in [1.807, 2.05) is 19.1 Å². The lowest BCUT2D eigenvalue weighted by Crippen LogP contribution is -2.32. The highest BCUT2D eigenvalue weighted by Crippen LogP contribution is 2.37. The van der Waals surface area contributed by atoms with Crippen molar-refractivity contribution >= 4 is 44.6 Å². The molecule has 0 saturated carbocycles. The fourth-order valence-electron chi connectivity index (χ4n) is 3.42. The lowest BCUT2D eigenvalue weighted by Gasteiger charge is -2.15. The Labute approximate surface area is 209 Å². The molecule has 0 spiro atoms. The molecule has 2 amide bonds. The fourth-order valence-corrected chi connectivity index (χ4v) is 4.41. The normalized spacial score (nSPS) is 11.9. The van der Waals surface area contributed by atoms with E-state index in [0.29, 0.717) is 27.4 Å². The Morgan fingerprint density at radius 3 is 2.75 bits per heavy atom. The van der Waals surface area contributed by atoms with Crippen LogP contribution in [0.5, 0.6) is 11.6 Å². The van der Waals surface area contributed by atoms with Crippen LogP contribution in [0.1, 0.15) is 18.9 Å². The van der Waals surface area contributed by atoms with Gasteiger partial charge in [0.25, 0.3) is 0 Å². The van der Waals surface area contributed by atoms with E-state index in [-0.39, 0.29) is 25.3 Å². The molecule has 1 unspecified atom stereocenters. The van der Waals surface area contributed by atoms with Gasteiger partial charge in [0.2, 0.25) is 11.8 Å². The van der Waals surface area contributed by atoms with Gasteiger partial charge in [-0.1, -0.05) is 0 Å². The first-order chi connectivity index (χ1) is 17.2. The van der Waals surface area contributed by atoms with E-state index in [1.54, 1.807) is 19.2 Å². The zero-order chi connectivity index (χ0) is 25.8. The van der Waals surface area contributed by atoms with Crippen LogP contribution in [0.2, 0.25) is 0 Å². The standard InChI is InChI=1S/C24H24FN5O5S/c1-12-6-14(22-17(7-12)29-21(33-3)10-28-22)23-30-16-8-15(25)18(9-19(16)36-23)34-11-13(2)35-24(32)27-5-4-20(26)31/h6-10,13H,4-5,11H2,1-3H3,(H2,26,31)(H,27,32). The number of nitrogens with zero attached hydrogens (tertiary/aromatic N) is 3. The molecule has 36 heavy (non-hydrogen) atoms. The van der Waals surface area contributed by atoms with Crippen molar-refractivity contribution in [1.82, 2.24) is 20.3 Å². The number of fused-ring (bicyclic) bond motifs is 2. The summed E-state index contributed by atoms with van der Waals surface area (Å²) in [6, 6.07) is 6.74. The first kappa shape index (κ1) is 25.0. The monoisotopic (exact) mass is 513 g/mol. The van der Waals surface area contributed by atoms with Crippen LogP contribution in [0.3, 0.4) is 0 Å². The summed E-state index contributed by atoms with van der Waals surface area (Å²) in [7, 11) is 1.53. The van der Waals surface area contributed by atoms with Crippen molar-refractivity contribution in [3.8, 4) is 22.2 Å².